The molecule has 1 aromatic carbocycles. The van der Waals surface area contributed by atoms with E-state index in [2.05, 4.69) is 27.4 Å². The first-order valence-corrected chi connectivity index (χ1v) is 13.1. The third-order valence-electron chi connectivity index (χ3n) is 8.22. The lowest BCUT2D eigenvalue weighted by Gasteiger charge is -2.46. The first kappa shape index (κ1) is 27.3. The van der Waals surface area contributed by atoms with E-state index in [4.69, 9.17) is 4.74 Å². The molecule has 3 aliphatic rings. The molecule has 0 unspecified atom stereocenters. The molecule has 1 spiro atoms. The number of ether oxygens (including phenoxy) is 1. The number of aliphatic hydroxyl groups is 1. The van der Waals surface area contributed by atoms with Crippen LogP contribution in [0.1, 0.15) is 65.5 Å². The number of aliphatic carboxylic acids is 1. The number of aliphatic hydroxyl groups excluding tert-OH is 1. The number of carbonyl (C=O) groups is 3. The second-order valence-electron chi connectivity index (χ2n) is 12.5. The average molecular weight is 513 g/mol. The fourth-order valence-electron chi connectivity index (χ4n) is 7.32. The molecule has 8 heteroatoms. The molecule has 8 nitrogen and oxygen atoms in total. The minimum absolute atomic E-state index is 0.0798. The summed E-state index contributed by atoms with van der Waals surface area (Å²) in [5, 5.41) is 20.6. The topological polar surface area (TPSA) is 107 Å². The van der Waals surface area contributed by atoms with Gasteiger partial charge in [0.15, 0.2) is 0 Å². The zero-order chi connectivity index (χ0) is 27.3. The Morgan fingerprint density at radius 3 is 2.43 bits per heavy atom. The van der Waals surface area contributed by atoms with Gasteiger partial charge in [0.05, 0.1) is 30.6 Å². The van der Waals surface area contributed by atoms with Gasteiger partial charge in [-0.1, -0.05) is 57.2 Å². The van der Waals surface area contributed by atoms with Crippen LogP contribution in [0.15, 0.2) is 43.0 Å². The summed E-state index contributed by atoms with van der Waals surface area (Å²) in [6.07, 6.45) is 2.65. The van der Waals surface area contributed by atoms with Gasteiger partial charge in [-0.3, -0.25) is 14.4 Å². The van der Waals surface area contributed by atoms with Gasteiger partial charge < -0.3 is 24.7 Å². The van der Waals surface area contributed by atoms with Gasteiger partial charge in [0, 0.05) is 12.1 Å². The zero-order valence-corrected chi connectivity index (χ0v) is 22.5. The summed E-state index contributed by atoms with van der Waals surface area (Å²) in [5.74, 6) is -3.83. The number of nitrogens with zero attached hydrogens (tertiary/aromatic N) is 2. The van der Waals surface area contributed by atoms with E-state index in [1.807, 2.05) is 32.0 Å². The molecule has 2 bridgehead atoms. The lowest BCUT2D eigenvalue weighted by Crippen LogP contribution is -2.61. The molecule has 202 valence electrons. The number of fused-ring (bicyclic) bond motifs is 1. The van der Waals surface area contributed by atoms with Crippen LogP contribution in [0.4, 0.5) is 0 Å². The summed E-state index contributed by atoms with van der Waals surface area (Å²) in [4.78, 5) is 44.3. The second kappa shape index (κ2) is 9.55. The summed E-state index contributed by atoms with van der Waals surface area (Å²) in [7, 11) is 0. The Labute approximate surface area is 219 Å². The van der Waals surface area contributed by atoms with Crippen molar-refractivity contribution in [3.8, 4) is 0 Å². The predicted octanol–water partition coefficient (Wildman–Crippen LogP) is 3.41. The van der Waals surface area contributed by atoms with Crippen LogP contribution in [0.25, 0.3) is 0 Å². The molecule has 3 heterocycles. The molecule has 0 radical (unpaired) electrons. The van der Waals surface area contributed by atoms with E-state index >= 15 is 0 Å². The molecule has 3 aliphatic heterocycles. The van der Waals surface area contributed by atoms with E-state index in [1.54, 1.807) is 23.1 Å². The van der Waals surface area contributed by atoms with E-state index in [0.717, 1.165) is 0 Å². The average Bonchev–Trinajstić information content (AvgIpc) is 3.44. The van der Waals surface area contributed by atoms with E-state index in [9.17, 15) is 24.6 Å². The van der Waals surface area contributed by atoms with E-state index in [1.165, 1.54) is 4.90 Å². The molecule has 0 aromatic heterocycles. The fraction of sp³-hybridized carbons (Fsp3) is 0.621. The largest absolute Gasteiger partial charge is 0.481 e. The Balaban J connectivity index is 1.86. The highest BCUT2D eigenvalue weighted by Crippen LogP contribution is 2.60. The molecule has 2 N–H and O–H groups in total. The van der Waals surface area contributed by atoms with Crippen LogP contribution in [-0.2, 0) is 19.1 Å². The number of carbonyl (C=O) groups excluding carboxylic acids is 2. The monoisotopic (exact) mass is 512 g/mol. The van der Waals surface area contributed by atoms with Gasteiger partial charge in [-0.05, 0) is 44.1 Å². The number of benzene rings is 1. The number of hydrogen-bond acceptors (Lipinski definition) is 5. The van der Waals surface area contributed by atoms with E-state index in [-0.39, 0.29) is 17.9 Å². The van der Waals surface area contributed by atoms with Crippen molar-refractivity contribution in [2.24, 2.45) is 17.3 Å². The Morgan fingerprint density at radius 1 is 1.24 bits per heavy atom. The van der Waals surface area contributed by atoms with E-state index in [0.29, 0.717) is 24.8 Å². The minimum atomic E-state index is -1.25. The van der Waals surface area contributed by atoms with Crippen molar-refractivity contribution in [1.82, 2.24) is 9.80 Å². The standard InChI is InChI=1S/C29H40N2O6/c1-7-15-30(28(5,6)17-27(2,3)4)25(34)23-29-14-13-20(37-29)21(26(35)36)22(29)24(33)31(23)19(16-32)18-11-9-8-10-12-18/h7-12,19-23,32H,1,13-17H2,2-6H3,(H,35,36)/t19-,20+,21-,22-,23+,29-/m1/s1. The molecule has 6 atom stereocenters. The van der Waals surface area contributed by atoms with Crippen LogP contribution in [0, 0.1) is 17.3 Å². The summed E-state index contributed by atoms with van der Waals surface area (Å²) in [6, 6.07) is 7.21. The van der Waals surface area contributed by atoms with Crippen LogP contribution in [0.3, 0.4) is 0 Å². The van der Waals surface area contributed by atoms with Crippen LogP contribution in [0.5, 0.6) is 0 Å². The van der Waals surface area contributed by atoms with Crippen molar-refractivity contribution in [3.05, 3.63) is 48.6 Å². The highest BCUT2D eigenvalue weighted by Gasteiger charge is 2.75. The molecule has 2 amide bonds. The van der Waals surface area contributed by atoms with Crippen LogP contribution >= 0.6 is 0 Å². The molecular weight excluding hydrogens is 472 g/mol. The molecular formula is C29H40N2O6. The highest BCUT2D eigenvalue weighted by atomic mass is 16.5. The third kappa shape index (κ3) is 4.48. The lowest BCUT2D eigenvalue weighted by molar-refractivity contribution is -0.156. The van der Waals surface area contributed by atoms with Gasteiger partial charge in [0.1, 0.15) is 11.6 Å². The molecule has 37 heavy (non-hydrogen) atoms. The number of carboxylic acids is 1. The quantitative estimate of drug-likeness (QED) is 0.491. The maximum atomic E-state index is 14.7. The number of hydrogen-bond donors (Lipinski definition) is 2. The molecule has 3 saturated heterocycles. The van der Waals surface area contributed by atoms with Gasteiger partial charge in [-0.15, -0.1) is 6.58 Å². The molecule has 3 fully saturated rings. The van der Waals surface area contributed by atoms with Gasteiger partial charge in [-0.2, -0.15) is 0 Å². The van der Waals surface area contributed by atoms with Crippen LogP contribution in [0.2, 0.25) is 0 Å². The first-order valence-electron chi connectivity index (χ1n) is 13.1. The highest BCUT2D eigenvalue weighted by molar-refractivity contribution is 5.98. The first-order chi connectivity index (χ1) is 17.3. The predicted molar refractivity (Wildman–Crippen MR) is 138 cm³/mol. The van der Waals surface area contributed by atoms with E-state index < -0.39 is 59.6 Å². The van der Waals surface area contributed by atoms with Crippen molar-refractivity contribution >= 4 is 17.8 Å². The Morgan fingerprint density at radius 2 is 1.89 bits per heavy atom. The van der Waals surface area contributed by atoms with Gasteiger partial charge >= 0.3 is 5.97 Å². The van der Waals surface area contributed by atoms with Crippen molar-refractivity contribution in [2.45, 2.75) is 83.2 Å². The Kier molecular flexibility index (Phi) is 7.05. The molecule has 0 aliphatic carbocycles. The summed E-state index contributed by atoms with van der Waals surface area (Å²) in [6.45, 7) is 14.1. The second-order valence-corrected chi connectivity index (χ2v) is 12.5. The summed E-state index contributed by atoms with van der Waals surface area (Å²) < 4.78 is 6.37. The fourth-order valence-corrected chi connectivity index (χ4v) is 7.32. The van der Waals surface area contributed by atoms with Gasteiger partial charge in [0.25, 0.3) is 0 Å². The number of likely N-dealkylation sites (tertiary alicyclic amines) is 1. The van der Waals surface area contributed by atoms with Crippen molar-refractivity contribution in [1.29, 1.82) is 0 Å². The van der Waals surface area contributed by atoms with Gasteiger partial charge in [-0.25, -0.2) is 0 Å². The van der Waals surface area contributed by atoms with Gasteiger partial charge in [0.2, 0.25) is 11.8 Å². The number of rotatable bonds is 9. The number of amides is 2. The lowest BCUT2D eigenvalue weighted by atomic mass is 9.70. The Bertz CT molecular complexity index is 1060. The molecule has 1 aromatic rings. The summed E-state index contributed by atoms with van der Waals surface area (Å²) >= 11 is 0. The van der Waals surface area contributed by atoms with Crippen LogP contribution < -0.4 is 0 Å². The number of carboxylic acid groups (broad SMARTS) is 1. The summed E-state index contributed by atoms with van der Waals surface area (Å²) in [5.41, 5.74) is -1.24. The van der Waals surface area contributed by atoms with Crippen molar-refractivity contribution in [3.63, 3.8) is 0 Å². The van der Waals surface area contributed by atoms with Crippen molar-refractivity contribution in [2.75, 3.05) is 13.2 Å². The SMILES string of the molecule is C=CCN(C(=O)[C@@H]1N([C@H](CO)c2ccccc2)C(=O)[C@H]2[C@H](C(=O)O)[C@@H]3CC[C@]12O3)C(C)(C)CC(C)(C)C. The zero-order valence-electron chi connectivity index (χ0n) is 22.5. The maximum Gasteiger partial charge on any atom is 0.310 e. The molecule has 0 saturated carbocycles. The maximum absolute atomic E-state index is 14.7. The minimum Gasteiger partial charge on any atom is -0.481 e. The van der Waals surface area contributed by atoms with Crippen molar-refractivity contribution < 1.29 is 29.3 Å². The third-order valence-corrected chi connectivity index (χ3v) is 8.22. The smallest absolute Gasteiger partial charge is 0.310 e. The molecule has 4 rings (SSSR count). The normalized spacial score (nSPS) is 29.8. The van der Waals surface area contributed by atoms with Crippen LogP contribution in [-0.4, -0.2) is 74.2 Å². The Hall–Kier alpha value is -2.71.